The summed E-state index contributed by atoms with van der Waals surface area (Å²) >= 11 is 7.17. The molecular formula is C22H23ClN4O3S. The lowest BCUT2D eigenvalue weighted by Gasteiger charge is -2.13. The highest BCUT2D eigenvalue weighted by Crippen LogP contribution is 2.25. The SMILES string of the molecule is CCn1c(SCC(=O)O[C@@H](C)C(=O)NCc2ccccc2)nnc1-c1ccc(Cl)cc1. The number of esters is 1. The molecule has 9 heteroatoms. The van der Waals surface area contributed by atoms with Crippen LogP contribution < -0.4 is 5.32 Å². The number of hydrogen-bond donors (Lipinski definition) is 1. The number of nitrogens with zero attached hydrogens (tertiary/aromatic N) is 3. The molecule has 0 unspecified atom stereocenters. The van der Waals surface area contributed by atoms with Gasteiger partial charge in [0.15, 0.2) is 17.1 Å². The topological polar surface area (TPSA) is 86.1 Å². The maximum absolute atomic E-state index is 12.2. The second kappa shape index (κ2) is 11.0. The van der Waals surface area contributed by atoms with Crippen LogP contribution in [0.2, 0.25) is 5.02 Å². The average molecular weight is 459 g/mol. The van der Waals surface area contributed by atoms with E-state index in [1.165, 1.54) is 11.8 Å². The van der Waals surface area contributed by atoms with Gasteiger partial charge in [0.2, 0.25) is 0 Å². The molecule has 0 saturated heterocycles. The third-order valence-electron chi connectivity index (χ3n) is 4.44. The van der Waals surface area contributed by atoms with Crippen molar-refractivity contribution in [2.24, 2.45) is 0 Å². The van der Waals surface area contributed by atoms with E-state index in [9.17, 15) is 9.59 Å². The Bertz CT molecular complexity index is 1020. The molecule has 162 valence electrons. The van der Waals surface area contributed by atoms with Crippen molar-refractivity contribution in [3.8, 4) is 11.4 Å². The molecule has 1 amide bonds. The van der Waals surface area contributed by atoms with Crippen LogP contribution in [0.1, 0.15) is 19.4 Å². The standard InChI is InChI=1S/C22H23ClN4O3S/c1-3-27-20(17-9-11-18(23)12-10-17)25-26-22(27)31-14-19(28)30-15(2)21(29)24-13-16-7-5-4-6-8-16/h4-12,15H,3,13-14H2,1-2H3,(H,24,29)/t15-/m0/s1. The van der Waals surface area contributed by atoms with Crippen LogP contribution in [0, 0.1) is 0 Å². The predicted octanol–water partition coefficient (Wildman–Crippen LogP) is 3.96. The first-order chi connectivity index (χ1) is 15.0. The summed E-state index contributed by atoms with van der Waals surface area (Å²) in [6, 6.07) is 16.9. The number of ether oxygens (including phenoxy) is 1. The third kappa shape index (κ3) is 6.32. The van der Waals surface area contributed by atoms with Crippen molar-refractivity contribution in [2.75, 3.05) is 5.75 Å². The minimum atomic E-state index is -0.884. The Morgan fingerprint density at radius 3 is 2.52 bits per heavy atom. The van der Waals surface area contributed by atoms with E-state index in [1.807, 2.05) is 54.0 Å². The largest absolute Gasteiger partial charge is 0.452 e. The van der Waals surface area contributed by atoms with E-state index in [0.29, 0.717) is 29.1 Å². The van der Waals surface area contributed by atoms with E-state index in [1.54, 1.807) is 19.1 Å². The van der Waals surface area contributed by atoms with E-state index in [0.717, 1.165) is 11.1 Å². The number of hydrogen-bond acceptors (Lipinski definition) is 6. The Morgan fingerprint density at radius 2 is 1.84 bits per heavy atom. The van der Waals surface area contributed by atoms with Crippen LogP contribution >= 0.6 is 23.4 Å². The van der Waals surface area contributed by atoms with Crippen LogP contribution in [0.15, 0.2) is 59.8 Å². The van der Waals surface area contributed by atoms with Gasteiger partial charge >= 0.3 is 5.97 Å². The number of rotatable bonds is 9. The van der Waals surface area contributed by atoms with E-state index in [-0.39, 0.29) is 11.7 Å². The molecule has 1 aromatic heterocycles. The number of thioether (sulfide) groups is 1. The number of aromatic nitrogens is 3. The summed E-state index contributed by atoms with van der Waals surface area (Å²) in [6.07, 6.45) is -0.884. The molecule has 3 rings (SSSR count). The predicted molar refractivity (Wildman–Crippen MR) is 121 cm³/mol. The lowest BCUT2D eigenvalue weighted by Crippen LogP contribution is -2.35. The third-order valence-corrected chi connectivity index (χ3v) is 5.63. The minimum absolute atomic E-state index is 0.0229. The molecular weight excluding hydrogens is 436 g/mol. The maximum Gasteiger partial charge on any atom is 0.317 e. The van der Waals surface area contributed by atoms with Crippen molar-refractivity contribution >= 4 is 35.2 Å². The van der Waals surface area contributed by atoms with Gasteiger partial charge in [0.05, 0.1) is 5.75 Å². The zero-order chi connectivity index (χ0) is 22.2. The summed E-state index contributed by atoms with van der Waals surface area (Å²) < 4.78 is 7.17. The quantitative estimate of drug-likeness (QED) is 0.386. The van der Waals surface area contributed by atoms with E-state index >= 15 is 0 Å². The summed E-state index contributed by atoms with van der Waals surface area (Å²) in [5.41, 5.74) is 1.86. The number of amides is 1. The normalized spacial score (nSPS) is 11.7. The Kier molecular flexibility index (Phi) is 8.08. The van der Waals surface area contributed by atoms with E-state index in [4.69, 9.17) is 16.3 Å². The van der Waals surface area contributed by atoms with Crippen LogP contribution in [-0.2, 0) is 27.4 Å². The highest BCUT2D eigenvalue weighted by atomic mass is 35.5. The molecule has 0 aliphatic carbocycles. The first-order valence-corrected chi connectivity index (χ1v) is 11.2. The molecule has 1 heterocycles. The lowest BCUT2D eigenvalue weighted by molar-refractivity contribution is -0.152. The molecule has 31 heavy (non-hydrogen) atoms. The van der Waals surface area contributed by atoms with Crippen molar-refractivity contribution in [2.45, 2.75) is 38.2 Å². The smallest absolute Gasteiger partial charge is 0.317 e. The number of carbonyl (C=O) groups excluding carboxylic acids is 2. The van der Waals surface area contributed by atoms with Crippen LogP contribution in [0.5, 0.6) is 0 Å². The monoisotopic (exact) mass is 458 g/mol. The molecule has 3 aromatic rings. The lowest BCUT2D eigenvalue weighted by atomic mass is 10.2. The fraction of sp³-hybridized carbons (Fsp3) is 0.273. The highest BCUT2D eigenvalue weighted by Gasteiger charge is 2.19. The molecule has 7 nitrogen and oxygen atoms in total. The molecule has 0 aliphatic rings. The summed E-state index contributed by atoms with van der Waals surface area (Å²) in [4.78, 5) is 24.4. The van der Waals surface area contributed by atoms with Gasteiger partial charge in [0.25, 0.3) is 5.91 Å². The average Bonchev–Trinajstić information content (AvgIpc) is 3.20. The fourth-order valence-corrected chi connectivity index (χ4v) is 3.74. The first kappa shape index (κ1) is 22.8. The van der Waals surface area contributed by atoms with Gasteiger partial charge < -0.3 is 14.6 Å². The van der Waals surface area contributed by atoms with E-state index < -0.39 is 12.1 Å². The van der Waals surface area contributed by atoms with Crippen LogP contribution in [0.3, 0.4) is 0 Å². The van der Waals surface area contributed by atoms with Crippen molar-refractivity contribution in [1.82, 2.24) is 20.1 Å². The zero-order valence-corrected chi connectivity index (χ0v) is 18.8. The van der Waals surface area contributed by atoms with Crippen LogP contribution in [-0.4, -0.2) is 38.5 Å². The summed E-state index contributed by atoms with van der Waals surface area (Å²) in [7, 11) is 0. The number of benzene rings is 2. The van der Waals surface area contributed by atoms with Gasteiger partial charge in [-0.3, -0.25) is 9.59 Å². The molecule has 2 aromatic carbocycles. The Hall–Kier alpha value is -2.84. The van der Waals surface area contributed by atoms with Gasteiger partial charge in [-0.25, -0.2) is 0 Å². The number of halogens is 1. The van der Waals surface area contributed by atoms with Gasteiger partial charge in [-0.2, -0.15) is 0 Å². The first-order valence-electron chi connectivity index (χ1n) is 9.81. The van der Waals surface area contributed by atoms with Crippen molar-refractivity contribution < 1.29 is 14.3 Å². The summed E-state index contributed by atoms with van der Waals surface area (Å²) in [6.45, 7) is 4.55. The molecule has 0 aliphatic heterocycles. The summed E-state index contributed by atoms with van der Waals surface area (Å²) in [5, 5.41) is 12.4. The van der Waals surface area contributed by atoms with Crippen molar-refractivity contribution in [3.05, 3.63) is 65.2 Å². The van der Waals surface area contributed by atoms with Crippen molar-refractivity contribution in [1.29, 1.82) is 0 Å². The Balaban J connectivity index is 1.52. The highest BCUT2D eigenvalue weighted by molar-refractivity contribution is 7.99. The van der Waals surface area contributed by atoms with Gasteiger partial charge in [0.1, 0.15) is 0 Å². The van der Waals surface area contributed by atoms with Gasteiger partial charge in [-0.05, 0) is 43.7 Å². The molecule has 1 atom stereocenters. The second-order valence-corrected chi connectivity index (χ2v) is 8.06. The molecule has 0 saturated carbocycles. The zero-order valence-electron chi connectivity index (χ0n) is 17.2. The fourth-order valence-electron chi connectivity index (χ4n) is 2.83. The Labute approximate surface area is 190 Å². The van der Waals surface area contributed by atoms with Crippen molar-refractivity contribution in [3.63, 3.8) is 0 Å². The molecule has 0 radical (unpaired) electrons. The second-order valence-electron chi connectivity index (χ2n) is 6.68. The van der Waals surface area contributed by atoms with Gasteiger partial charge in [0, 0.05) is 23.7 Å². The number of carbonyl (C=O) groups is 2. The molecule has 0 bridgehead atoms. The molecule has 1 N–H and O–H groups in total. The maximum atomic E-state index is 12.2. The molecule has 0 fully saturated rings. The number of nitrogens with one attached hydrogen (secondary N) is 1. The van der Waals surface area contributed by atoms with E-state index in [2.05, 4.69) is 15.5 Å². The van der Waals surface area contributed by atoms with Gasteiger partial charge in [-0.1, -0.05) is 53.7 Å². The van der Waals surface area contributed by atoms with Crippen LogP contribution in [0.4, 0.5) is 0 Å². The minimum Gasteiger partial charge on any atom is -0.452 e. The van der Waals surface area contributed by atoms with Gasteiger partial charge in [-0.15, -0.1) is 10.2 Å². The Morgan fingerprint density at radius 1 is 1.13 bits per heavy atom. The van der Waals surface area contributed by atoms with Crippen LogP contribution in [0.25, 0.3) is 11.4 Å². The summed E-state index contributed by atoms with van der Waals surface area (Å²) in [5.74, 6) is -0.117. The molecule has 0 spiro atoms.